The third-order valence-electron chi connectivity index (χ3n) is 4.28. The SMILES string of the molecule is CC1CCN(C(=O)Cc2csc(NC(=O)c3ccccc3)n2)CC1. The van der Waals surface area contributed by atoms with Gasteiger partial charge in [-0.1, -0.05) is 25.1 Å². The van der Waals surface area contributed by atoms with Gasteiger partial charge in [0.1, 0.15) is 0 Å². The van der Waals surface area contributed by atoms with E-state index in [9.17, 15) is 9.59 Å². The van der Waals surface area contributed by atoms with Crippen LogP contribution < -0.4 is 5.32 Å². The molecule has 126 valence electrons. The second-order valence-corrected chi connectivity index (χ2v) is 7.06. The number of nitrogens with one attached hydrogen (secondary N) is 1. The molecule has 0 atom stereocenters. The number of hydrogen-bond acceptors (Lipinski definition) is 4. The number of benzene rings is 1. The minimum atomic E-state index is -0.187. The number of hydrogen-bond donors (Lipinski definition) is 1. The van der Waals surface area contributed by atoms with Crippen LogP contribution in [0.3, 0.4) is 0 Å². The van der Waals surface area contributed by atoms with E-state index in [1.165, 1.54) is 11.3 Å². The minimum Gasteiger partial charge on any atom is -0.342 e. The lowest BCUT2D eigenvalue weighted by molar-refractivity contribution is -0.131. The number of thiazole rings is 1. The smallest absolute Gasteiger partial charge is 0.257 e. The maximum atomic E-state index is 12.3. The molecule has 24 heavy (non-hydrogen) atoms. The molecule has 5 nitrogen and oxygen atoms in total. The van der Waals surface area contributed by atoms with Gasteiger partial charge in [-0.2, -0.15) is 0 Å². The predicted molar refractivity (Wildman–Crippen MR) is 95.2 cm³/mol. The third kappa shape index (κ3) is 4.20. The maximum absolute atomic E-state index is 12.3. The van der Waals surface area contributed by atoms with Gasteiger partial charge in [0, 0.05) is 24.0 Å². The van der Waals surface area contributed by atoms with E-state index in [4.69, 9.17) is 0 Å². The van der Waals surface area contributed by atoms with Crippen LogP contribution in [0.25, 0.3) is 0 Å². The fourth-order valence-electron chi connectivity index (χ4n) is 2.73. The molecule has 1 aromatic heterocycles. The Morgan fingerprint density at radius 2 is 1.96 bits per heavy atom. The van der Waals surface area contributed by atoms with E-state index in [2.05, 4.69) is 17.2 Å². The lowest BCUT2D eigenvalue weighted by Crippen LogP contribution is -2.38. The topological polar surface area (TPSA) is 62.3 Å². The summed E-state index contributed by atoms with van der Waals surface area (Å²) in [7, 11) is 0. The molecule has 2 amide bonds. The van der Waals surface area contributed by atoms with Crippen molar-refractivity contribution in [2.75, 3.05) is 18.4 Å². The Morgan fingerprint density at radius 3 is 2.67 bits per heavy atom. The molecule has 1 N–H and O–H groups in total. The largest absolute Gasteiger partial charge is 0.342 e. The molecule has 1 saturated heterocycles. The van der Waals surface area contributed by atoms with Gasteiger partial charge in [0.15, 0.2) is 5.13 Å². The summed E-state index contributed by atoms with van der Waals surface area (Å²) in [5.41, 5.74) is 1.31. The second-order valence-electron chi connectivity index (χ2n) is 6.20. The van der Waals surface area contributed by atoms with Crippen LogP contribution in [0.1, 0.15) is 35.8 Å². The van der Waals surface area contributed by atoms with Gasteiger partial charge in [-0.05, 0) is 30.9 Å². The summed E-state index contributed by atoms with van der Waals surface area (Å²) in [6.07, 6.45) is 2.44. The number of likely N-dealkylation sites (tertiary alicyclic amines) is 1. The van der Waals surface area contributed by atoms with Crippen molar-refractivity contribution in [1.82, 2.24) is 9.88 Å². The molecular weight excluding hydrogens is 322 g/mol. The number of anilines is 1. The highest BCUT2D eigenvalue weighted by molar-refractivity contribution is 7.14. The van der Waals surface area contributed by atoms with Gasteiger partial charge < -0.3 is 4.90 Å². The lowest BCUT2D eigenvalue weighted by atomic mass is 9.99. The van der Waals surface area contributed by atoms with E-state index in [1.54, 1.807) is 12.1 Å². The quantitative estimate of drug-likeness (QED) is 0.927. The molecule has 0 saturated carbocycles. The van der Waals surface area contributed by atoms with E-state index in [-0.39, 0.29) is 11.8 Å². The Hall–Kier alpha value is -2.21. The minimum absolute atomic E-state index is 0.119. The van der Waals surface area contributed by atoms with Crippen LogP contribution in [0.5, 0.6) is 0 Å². The Labute approximate surface area is 145 Å². The van der Waals surface area contributed by atoms with Crippen molar-refractivity contribution in [2.45, 2.75) is 26.2 Å². The summed E-state index contributed by atoms with van der Waals surface area (Å²) >= 11 is 1.35. The number of carbonyl (C=O) groups excluding carboxylic acids is 2. The number of piperidine rings is 1. The summed E-state index contributed by atoms with van der Waals surface area (Å²) in [5, 5.41) is 5.15. The molecule has 2 heterocycles. The molecule has 1 fully saturated rings. The van der Waals surface area contributed by atoms with Gasteiger partial charge in [0.05, 0.1) is 12.1 Å². The molecule has 1 aliphatic heterocycles. The monoisotopic (exact) mass is 343 g/mol. The number of nitrogens with zero attached hydrogens (tertiary/aromatic N) is 2. The van der Waals surface area contributed by atoms with E-state index < -0.39 is 0 Å². The number of rotatable bonds is 4. The van der Waals surface area contributed by atoms with Gasteiger partial charge in [0.2, 0.25) is 5.91 Å². The normalized spacial score (nSPS) is 15.3. The highest BCUT2D eigenvalue weighted by Gasteiger charge is 2.21. The first-order chi connectivity index (χ1) is 11.6. The van der Waals surface area contributed by atoms with Crippen LogP contribution in [0.2, 0.25) is 0 Å². The maximum Gasteiger partial charge on any atom is 0.257 e. The van der Waals surface area contributed by atoms with Crippen molar-refractivity contribution in [3.63, 3.8) is 0 Å². The molecule has 3 rings (SSSR count). The van der Waals surface area contributed by atoms with Crippen LogP contribution >= 0.6 is 11.3 Å². The molecule has 1 aliphatic rings. The van der Waals surface area contributed by atoms with Crippen molar-refractivity contribution < 1.29 is 9.59 Å². The van der Waals surface area contributed by atoms with E-state index >= 15 is 0 Å². The van der Waals surface area contributed by atoms with Crippen molar-refractivity contribution >= 4 is 28.3 Å². The zero-order valence-electron chi connectivity index (χ0n) is 13.7. The zero-order valence-corrected chi connectivity index (χ0v) is 14.5. The van der Waals surface area contributed by atoms with Gasteiger partial charge in [-0.3, -0.25) is 14.9 Å². The van der Waals surface area contributed by atoms with Crippen molar-refractivity contribution in [3.05, 3.63) is 47.0 Å². The van der Waals surface area contributed by atoms with Crippen molar-refractivity contribution in [3.8, 4) is 0 Å². The Balaban J connectivity index is 1.55. The average Bonchev–Trinajstić information content (AvgIpc) is 3.03. The highest BCUT2D eigenvalue weighted by atomic mass is 32.1. The summed E-state index contributed by atoms with van der Waals surface area (Å²) in [4.78, 5) is 30.7. The molecule has 1 aromatic carbocycles. The van der Waals surface area contributed by atoms with Crippen LogP contribution in [-0.4, -0.2) is 34.8 Å². The van der Waals surface area contributed by atoms with Gasteiger partial charge >= 0.3 is 0 Å². The first-order valence-electron chi connectivity index (χ1n) is 8.20. The third-order valence-corrected chi connectivity index (χ3v) is 5.08. The Kier molecular flexibility index (Phi) is 5.25. The fourth-order valence-corrected chi connectivity index (χ4v) is 3.43. The van der Waals surface area contributed by atoms with Crippen molar-refractivity contribution in [1.29, 1.82) is 0 Å². The van der Waals surface area contributed by atoms with Crippen LogP contribution in [0.4, 0.5) is 5.13 Å². The molecule has 2 aromatic rings. The molecule has 6 heteroatoms. The fraction of sp³-hybridized carbons (Fsp3) is 0.389. The van der Waals surface area contributed by atoms with Crippen LogP contribution in [-0.2, 0) is 11.2 Å². The van der Waals surface area contributed by atoms with Crippen LogP contribution in [0, 0.1) is 5.92 Å². The van der Waals surface area contributed by atoms with Gasteiger partial charge in [0.25, 0.3) is 5.91 Å². The molecular formula is C18H21N3O2S. The molecule has 0 unspecified atom stereocenters. The molecule has 0 bridgehead atoms. The summed E-state index contributed by atoms with van der Waals surface area (Å²) in [6.45, 7) is 3.90. The zero-order chi connectivity index (χ0) is 16.9. The Bertz CT molecular complexity index is 706. The first-order valence-corrected chi connectivity index (χ1v) is 9.08. The van der Waals surface area contributed by atoms with E-state index in [0.717, 1.165) is 25.9 Å². The average molecular weight is 343 g/mol. The van der Waals surface area contributed by atoms with E-state index in [1.807, 2.05) is 28.5 Å². The number of carbonyl (C=O) groups is 2. The number of amides is 2. The number of aromatic nitrogens is 1. The van der Waals surface area contributed by atoms with Gasteiger partial charge in [-0.25, -0.2) is 4.98 Å². The van der Waals surface area contributed by atoms with Crippen LogP contribution in [0.15, 0.2) is 35.7 Å². The predicted octanol–water partition coefficient (Wildman–Crippen LogP) is 3.20. The lowest BCUT2D eigenvalue weighted by Gasteiger charge is -2.30. The standard InChI is InChI=1S/C18H21N3O2S/c1-13-7-9-21(10-8-13)16(22)11-15-12-24-18(19-15)20-17(23)14-5-3-2-4-6-14/h2-6,12-13H,7-11H2,1H3,(H,19,20,23). The first kappa shape index (κ1) is 16.6. The summed E-state index contributed by atoms with van der Waals surface area (Å²) in [5.74, 6) is 0.633. The summed E-state index contributed by atoms with van der Waals surface area (Å²) < 4.78 is 0. The Morgan fingerprint density at radius 1 is 1.25 bits per heavy atom. The van der Waals surface area contributed by atoms with E-state index in [0.29, 0.717) is 28.7 Å². The highest BCUT2D eigenvalue weighted by Crippen LogP contribution is 2.20. The second kappa shape index (κ2) is 7.57. The molecule has 0 aliphatic carbocycles. The van der Waals surface area contributed by atoms with Gasteiger partial charge in [-0.15, -0.1) is 11.3 Å². The molecule has 0 radical (unpaired) electrons. The van der Waals surface area contributed by atoms with Crippen molar-refractivity contribution in [2.24, 2.45) is 5.92 Å². The molecule has 0 spiro atoms. The summed E-state index contributed by atoms with van der Waals surface area (Å²) in [6, 6.07) is 9.02.